The minimum Gasteiger partial charge on any atom is -0.351 e. The molecular weight excluding hydrogens is 325 g/mol. The molecule has 0 aliphatic rings. The van der Waals surface area contributed by atoms with E-state index in [-0.39, 0.29) is 5.91 Å². The Morgan fingerprint density at radius 1 is 1.05 bits per heavy atom. The van der Waals surface area contributed by atoms with Gasteiger partial charge in [0.15, 0.2) is 0 Å². The second-order valence-corrected chi connectivity index (χ2v) is 6.42. The topological polar surface area (TPSA) is 29.1 Å². The van der Waals surface area contributed by atoms with E-state index in [1.54, 1.807) is 36.0 Å². The molecule has 0 radical (unpaired) electrons. The minimum atomic E-state index is -0.0930. The fourth-order valence-electron chi connectivity index (χ4n) is 1.74. The van der Waals surface area contributed by atoms with E-state index >= 15 is 0 Å². The Bertz CT molecular complexity index is 601. The summed E-state index contributed by atoms with van der Waals surface area (Å²) in [5, 5.41) is 4.20. The van der Waals surface area contributed by atoms with Crippen molar-refractivity contribution in [1.29, 1.82) is 0 Å². The molecule has 0 spiro atoms. The molecule has 110 valence electrons. The highest BCUT2D eigenvalue weighted by atomic mass is 35.5. The van der Waals surface area contributed by atoms with Crippen LogP contribution in [0.4, 0.5) is 0 Å². The minimum absolute atomic E-state index is 0.0930. The van der Waals surface area contributed by atoms with E-state index in [1.807, 2.05) is 24.3 Å². The van der Waals surface area contributed by atoms with Gasteiger partial charge in [-0.1, -0.05) is 41.4 Å². The number of amides is 1. The molecule has 2 nitrogen and oxygen atoms in total. The van der Waals surface area contributed by atoms with Gasteiger partial charge in [-0.3, -0.25) is 4.79 Å². The van der Waals surface area contributed by atoms with Crippen molar-refractivity contribution in [2.24, 2.45) is 0 Å². The molecule has 0 saturated heterocycles. The van der Waals surface area contributed by atoms with Crippen molar-refractivity contribution >= 4 is 40.9 Å². The molecule has 0 aliphatic carbocycles. The number of hydrogen-bond acceptors (Lipinski definition) is 2. The Morgan fingerprint density at radius 2 is 1.81 bits per heavy atom. The Labute approximate surface area is 138 Å². The summed E-state index contributed by atoms with van der Waals surface area (Å²) < 4.78 is 0. The van der Waals surface area contributed by atoms with Gasteiger partial charge in [-0.25, -0.2) is 0 Å². The first kappa shape index (κ1) is 16.2. The zero-order chi connectivity index (χ0) is 15.1. The Hall–Kier alpha value is -1.16. The van der Waals surface area contributed by atoms with E-state index in [9.17, 15) is 4.79 Å². The molecule has 1 N–H and O–H groups in total. The molecule has 1 amide bonds. The Morgan fingerprint density at radius 3 is 2.52 bits per heavy atom. The monoisotopic (exact) mass is 339 g/mol. The average molecular weight is 340 g/mol. The summed E-state index contributed by atoms with van der Waals surface area (Å²) in [7, 11) is 0. The van der Waals surface area contributed by atoms with E-state index < -0.39 is 0 Å². The lowest BCUT2D eigenvalue weighted by atomic mass is 10.2. The predicted octanol–water partition coefficient (Wildman–Crippen LogP) is 4.66. The van der Waals surface area contributed by atoms with Crippen LogP contribution < -0.4 is 5.32 Å². The third-order valence-electron chi connectivity index (χ3n) is 2.80. The number of hydrogen-bond donors (Lipinski definition) is 1. The summed E-state index contributed by atoms with van der Waals surface area (Å²) in [6.07, 6.45) is 0. The molecule has 0 aliphatic heterocycles. The molecule has 0 saturated carbocycles. The van der Waals surface area contributed by atoms with Crippen LogP contribution in [0.1, 0.15) is 15.9 Å². The van der Waals surface area contributed by atoms with E-state index in [2.05, 4.69) is 5.32 Å². The van der Waals surface area contributed by atoms with Gasteiger partial charge in [-0.15, -0.1) is 0 Å². The molecular formula is C16H15Cl2NOS. The molecule has 0 heterocycles. The van der Waals surface area contributed by atoms with Crippen molar-refractivity contribution in [2.75, 3.05) is 12.3 Å². The molecule has 0 bridgehead atoms. The van der Waals surface area contributed by atoms with Crippen LogP contribution in [0.2, 0.25) is 10.0 Å². The highest BCUT2D eigenvalue weighted by Crippen LogP contribution is 2.15. The predicted molar refractivity (Wildman–Crippen MR) is 91.4 cm³/mol. The normalized spacial score (nSPS) is 10.4. The maximum Gasteiger partial charge on any atom is 0.251 e. The lowest BCUT2D eigenvalue weighted by molar-refractivity contribution is 0.0956. The molecule has 0 atom stereocenters. The smallest absolute Gasteiger partial charge is 0.251 e. The second kappa shape index (κ2) is 8.32. The van der Waals surface area contributed by atoms with Gasteiger partial charge in [0, 0.05) is 33.7 Å². The highest BCUT2D eigenvalue weighted by Gasteiger charge is 2.04. The van der Waals surface area contributed by atoms with Crippen molar-refractivity contribution in [2.45, 2.75) is 5.75 Å². The van der Waals surface area contributed by atoms with Crippen LogP contribution in [0.5, 0.6) is 0 Å². The number of rotatable bonds is 6. The average Bonchev–Trinajstić information content (AvgIpc) is 2.48. The van der Waals surface area contributed by atoms with Crippen molar-refractivity contribution in [3.05, 3.63) is 69.7 Å². The summed E-state index contributed by atoms with van der Waals surface area (Å²) in [6.45, 7) is 0.629. The largest absolute Gasteiger partial charge is 0.351 e. The molecule has 0 unspecified atom stereocenters. The van der Waals surface area contributed by atoms with Gasteiger partial charge in [-0.2, -0.15) is 11.8 Å². The van der Waals surface area contributed by atoms with Crippen LogP contribution in [0.15, 0.2) is 48.5 Å². The molecule has 21 heavy (non-hydrogen) atoms. The number of carbonyl (C=O) groups excluding carboxylic acids is 1. The van der Waals surface area contributed by atoms with Crippen molar-refractivity contribution in [1.82, 2.24) is 5.32 Å². The van der Waals surface area contributed by atoms with Crippen LogP contribution in [0, 0.1) is 0 Å². The summed E-state index contributed by atoms with van der Waals surface area (Å²) >= 11 is 13.5. The second-order valence-electron chi connectivity index (χ2n) is 4.45. The first-order chi connectivity index (χ1) is 10.1. The molecule has 2 aromatic rings. The van der Waals surface area contributed by atoms with Crippen molar-refractivity contribution in [3.8, 4) is 0 Å². The first-order valence-corrected chi connectivity index (χ1v) is 8.42. The molecule has 5 heteroatoms. The number of nitrogens with one attached hydrogen (secondary N) is 1. The van der Waals surface area contributed by atoms with Crippen LogP contribution in [0.3, 0.4) is 0 Å². The number of thioether (sulfide) groups is 1. The maximum atomic E-state index is 11.9. The summed E-state index contributed by atoms with van der Waals surface area (Å²) in [5.41, 5.74) is 1.82. The van der Waals surface area contributed by atoms with Crippen LogP contribution in [-0.2, 0) is 5.75 Å². The van der Waals surface area contributed by atoms with Gasteiger partial charge in [0.1, 0.15) is 0 Å². The molecule has 0 fully saturated rings. The molecule has 2 rings (SSSR count). The van der Waals surface area contributed by atoms with E-state index in [4.69, 9.17) is 23.2 Å². The van der Waals surface area contributed by atoms with Crippen molar-refractivity contribution < 1.29 is 4.79 Å². The van der Waals surface area contributed by atoms with Gasteiger partial charge in [-0.05, 0) is 35.9 Å². The van der Waals surface area contributed by atoms with Crippen LogP contribution in [0.25, 0.3) is 0 Å². The molecule has 0 aromatic heterocycles. The SMILES string of the molecule is O=C(NCCSCc1ccc(Cl)cc1)c1cccc(Cl)c1. The van der Waals surface area contributed by atoms with Gasteiger partial charge >= 0.3 is 0 Å². The quantitative estimate of drug-likeness (QED) is 0.775. The van der Waals surface area contributed by atoms with Gasteiger partial charge in [0.05, 0.1) is 0 Å². The Kier molecular flexibility index (Phi) is 6.43. The first-order valence-electron chi connectivity index (χ1n) is 6.51. The standard InChI is InChI=1S/C16H15Cl2NOS/c17-14-6-4-12(5-7-14)11-21-9-8-19-16(20)13-2-1-3-15(18)10-13/h1-7,10H,8-9,11H2,(H,19,20). The van der Waals surface area contributed by atoms with Crippen molar-refractivity contribution in [3.63, 3.8) is 0 Å². The summed E-state index contributed by atoms with van der Waals surface area (Å²) in [6, 6.07) is 14.7. The third-order valence-corrected chi connectivity index (χ3v) is 4.32. The zero-order valence-electron chi connectivity index (χ0n) is 11.3. The summed E-state index contributed by atoms with van der Waals surface area (Å²) in [5.74, 6) is 1.67. The highest BCUT2D eigenvalue weighted by molar-refractivity contribution is 7.98. The van der Waals surface area contributed by atoms with Gasteiger partial charge in [0.2, 0.25) is 0 Å². The van der Waals surface area contributed by atoms with E-state index in [0.717, 1.165) is 16.5 Å². The van der Waals surface area contributed by atoms with Crippen LogP contribution in [-0.4, -0.2) is 18.2 Å². The lowest BCUT2D eigenvalue weighted by Gasteiger charge is -2.06. The number of benzene rings is 2. The molecule has 2 aromatic carbocycles. The maximum absolute atomic E-state index is 11.9. The van der Waals surface area contributed by atoms with Gasteiger partial charge in [0.25, 0.3) is 5.91 Å². The number of carbonyl (C=O) groups is 1. The fourth-order valence-corrected chi connectivity index (χ4v) is 2.87. The number of halogens is 2. The summed E-state index contributed by atoms with van der Waals surface area (Å²) in [4.78, 5) is 11.9. The van der Waals surface area contributed by atoms with E-state index in [1.165, 1.54) is 5.56 Å². The Balaban J connectivity index is 1.68. The fraction of sp³-hybridized carbons (Fsp3) is 0.188. The van der Waals surface area contributed by atoms with Gasteiger partial charge < -0.3 is 5.32 Å². The third kappa shape index (κ3) is 5.62. The lowest BCUT2D eigenvalue weighted by Crippen LogP contribution is -2.25. The van der Waals surface area contributed by atoms with E-state index in [0.29, 0.717) is 17.1 Å². The zero-order valence-corrected chi connectivity index (χ0v) is 13.6. The van der Waals surface area contributed by atoms with Crippen LogP contribution >= 0.6 is 35.0 Å².